The van der Waals surface area contributed by atoms with Gasteiger partial charge in [-0.2, -0.15) is 0 Å². The minimum Gasteiger partial charge on any atom is -0.457 e. The van der Waals surface area contributed by atoms with Crippen molar-refractivity contribution in [3.63, 3.8) is 0 Å². The fourth-order valence-corrected chi connectivity index (χ4v) is 3.78. The molecule has 8 nitrogen and oxygen atoms in total. The Morgan fingerprint density at radius 3 is 2.50 bits per heavy atom. The molecule has 3 rings (SSSR count). The normalized spacial score (nSPS) is 33.8. The first-order valence-electron chi connectivity index (χ1n) is 9.26. The van der Waals surface area contributed by atoms with E-state index in [-0.39, 0.29) is 19.1 Å². The van der Waals surface area contributed by atoms with Gasteiger partial charge < -0.3 is 29.4 Å². The number of esters is 1. The molecule has 1 aliphatic carbocycles. The molecule has 0 bridgehead atoms. The van der Waals surface area contributed by atoms with Crippen LogP contribution in [0, 0.1) is 0 Å². The van der Waals surface area contributed by atoms with Crippen LogP contribution in [0.5, 0.6) is 0 Å². The second-order valence-electron chi connectivity index (χ2n) is 7.73. The molecular formula is C20H27NO7. The molecule has 1 heterocycles. The average Bonchev–Trinajstić information content (AvgIpc) is 2.81. The standard InChI is InChI=1S/C20H27NO7/c1-12(22)21-17-15(27-13(2)23)16(25-10-14-8-6-5-7-9-14)18-20(17,24)11-26-19(3,4)28-18/h5-9,15-18,24H,10-11H2,1-4H3,(H,21,22)/t15-,16+,17+,18-,20-/m0/s1. The molecule has 28 heavy (non-hydrogen) atoms. The van der Waals surface area contributed by atoms with E-state index in [1.165, 1.54) is 13.8 Å². The lowest BCUT2D eigenvalue weighted by molar-refractivity contribution is -0.340. The van der Waals surface area contributed by atoms with E-state index in [0.717, 1.165) is 5.56 Å². The van der Waals surface area contributed by atoms with E-state index in [2.05, 4.69) is 5.32 Å². The van der Waals surface area contributed by atoms with Crippen LogP contribution >= 0.6 is 0 Å². The van der Waals surface area contributed by atoms with Crippen molar-refractivity contribution in [1.29, 1.82) is 0 Å². The van der Waals surface area contributed by atoms with Crippen LogP contribution in [0.25, 0.3) is 0 Å². The fraction of sp³-hybridized carbons (Fsp3) is 0.600. The van der Waals surface area contributed by atoms with Crippen molar-refractivity contribution in [3.05, 3.63) is 35.9 Å². The van der Waals surface area contributed by atoms with Crippen LogP contribution in [0.15, 0.2) is 30.3 Å². The zero-order valence-corrected chi connectivity index (χ0v) is 16.5. The van der Waals surface area contributed by atoms with Crippen molar-refractivity contribution in [2.24, 2.45) is 0 Å². The Morgan fingerprint density at radius 2 is 1.89 bits per heavy atom. The minimum atomic E-state index is -1.61. The van der Waals surface area contributed by atoms with Crippen molar-refractivity contribution in [3.8, 4) is 0 Å². The number of nitrogens with one attached hydrogen (secondary N) is 1. The molecule has 1 aromatic rings. The molecule has 0 radical (unpaired) electrons. The molecule has 1 aliphatic heterocycles. The summed E-state index contributed by atoms with van der Waals surface area (Å²) in [4.78, 5) is 23.5. The highest BCUT2D eigenvalue weighted by atomic mass is 16.7. The quantitative estimate of drug-likeness (QED) is 0.717. The number of carbonyl (C=O) groups excluding carboxylic acids is 2. The number of rotatable bonds is 5. The summed E-state index contributed by atoms with van der Waals surface area (Å²) < 4.78 is 23.2. The second kappa shape index (κ2) is 7.79. The van der Waals surface area contributed by atoms with Crippen LogP contribution in [0.1, 0.15) is 33.3 Å². The second-order valence-corrected chi connectivity index (χ2v) is 7.73. The number of hydrogen-bond acceptors (Lipinski definition) is 7. The molecule has 2 fully saturated rings. The Labute approximate surface area is 164 Å². The molecule has 0 spiro atoms. The Hall–Kier alpha value is -2.00. The van der Waals surface area contributed by atoms with Gasteiger partial charge in [-0.3, -0.25) is 9.59 Å². The molecule has 1 saturated heterocycles. The molecule has 2 N–H and O–H groups in total. The Bertz CT molecular complexity index is 723. The summed E-state index contributed by atoms with van der Waals surface area (Å²) in [5, 5.41) is 14.1. The van der Waals surface area contributed by atoms with Crippen LogP contribution in [-0.2, 0) is 35.1 Å². The highest BCUT2D eigenvalue weighted by Gasteiger charge is 2.66. The maximum absolute atomic E-state index is 11.8. The third-order valence-electron chi connectivity index (χ3n) is 4.99. The van der Waals surface area contributed by atoms with E-state index < -0.39 is 41.7 Å². The third-order valence-corrected chi connectivity index (χ3v) is 4.99. The average molecular weight is 393 g/mol. The van der Waals surface area contributed by atoms with E-state index in [1.807, 2.05) is 30.3 Å². The molecule has 8 heteroatoms. The van der Waals surface area contributed by atoms with Crippen molar-refractivity contribution < 1.29 is 33.6 Å². The lowest BCUT2D eigenvalue weighted by Crippen LogP contribution is -2.64. The van der Waals surface area contributed by atoms with Gasteiger partial charge in [0.25, 0.3) is 0 Å². The maximum Gasteiger partial charge on any atom is 0.303 e. The first kappa shape index (κ1) is 20.7. The Balaban J connectivity index is 1.93. The molecule has 1 amide bonds. The number of benzene rings is 1. The molecule has 5 atom stereocenters. The van der Waals surface area contributed by atoms with Gasteiger partial charge in [-0.1, -0.05) is 30.3 Å². The first-order valence-corrected chi connectivity index (χ1v) is 9.26. The van der Waals surface area contributed by atoms with Crippen molar-refractivity contribution in [2.45, 2.75) is 70.0 Å². The monoisotopic (exact) mass is 393 g/mol. The van der Waals surface area contributed by atoms with Crippen molar-refractivity contribution >= 4 is 11.9 Å². The Kier molecular flexibility index (Phi) is 5.77. The maximum atomic E-state index is 11.8. The number of carbonyl (C=O) groups is 2. The summed E-state index contributed by atoms with van der Waals surface area (Å²) in [6.45, 7) is 6.19. The third kappa shape index (κ3) is 4.20. The van der Waals surface area contributed by atoms with Gasteiger partial charge in [-0.05, 0) is 19.4 Å². The fourth-order valence-electron chi connectivity index (χ4n) is 3.78. The van der Waals surface area contributed by atoms with Gasteiger partial charge >= 0.3 is 5.97 Å². The van der Waals surface area contributed by atoms with Crippen LogP contribution < -0.4 is 5.32 Å². The molecule has 0 aromatic heterocycles. The number of aliphatic hydroxyl groups is 1. The van der Waals surface area contributed by atoms with E-state index in [0.29, 0.717) is 0 Å². The lowest BCUT2D eigenvalue weighted by Gasteiger charge is -2.45. The molecule has 2 aliphatic rings. The zero-order valence-electron chi connectivity index (χ0n) is 16.5. The number of ether oxygens (including phenoxy) is 4. The summed E-state index contributed by atoms with van der Waals surface area (Å²) in [5.41, 5.74) is -0.690. The van der Waals surface area contributed by atoms with Crippen LogP contribution in [0.4, 0.5) is 0 Å². The minimum absolute atomic E-state index is 0.0986. The summed E-state index contributed by atoms with van der Waals surface area (Å²) in [6.07, 6.45) is -2.59. The van der Waals surface area contributed by atoms with Crippen molar-refractivity contribution in [2.75, 3.05) is 6.61 Å². The molecule has 0 unspecified atom stereocenters. The van der Waals surface area contributed by atoms with E-state index in [4.69, 9.17) is 18.9 Å². The number of fused-ring (bicyclic) bond motifs is 1. The number of amides is 1. The first-order chi connectivity index (χ1) is 13.1. The largest absolute Gasteiger partial charge is 0.457 e. The van der Waals surface area contributed by atoms with Crippen LogP contribution in [-0.4, -0.2) is 59.3 Å². The van der Waals surface area contributed by atoms with Gasteiger partial charge in [-0.25, -0.2) is 0 Å². The van der Waals surface area contributed by atoms with E-state index in [1.54, 1.807) is 13.8 Å². The van der Waals surface area contributed by atoms with Crippen molar-refractivity contribution in [1.82, 2.24) is 5.32 Å². The summed E-state index contributed by atoms with van der Waals surface area (Å²) in [5.74, 6) is -1.88. The van der Waals surface area contributed by atoms with Gasteiger partial charge in [-0.15, -0.1) is 0 Å². The van der Waals surface area contributed by atoms with E-state index >= 15 is 0 Å². The predicted molar refractivity (Wildman–Crippen MR) is 98.0 cm³/mol. The molecule has 1 saturated carbocycles. The number of hydrogen-bond donors (Lipinski definition) is 2. The Morgan fingerprint density at radius 1 is 1.21 bits per heavy atom. The van der Waals surface area contributed by atoms with Gasteiger partial charge in [0.15, 0.2) is 11.9 Å². The highest BCUT2D eigenvalue weighted by Crippen LogP contribution is 2.43. The summed E-state index contributed by atoms with van der Waals surface area (Å²) in [6, 6.07) is 8.55. The highest BCUT2D eigenvalue weighted by molar-refractivity contribution is 5.74. The SMILES string of the molecule is CC(=O)N[C@@H]1[C@@H](OC(C)=O)[C@@H](OCc2ccccc2)[C@@H]2OC(C)(C)OC[C@]12O. The lowest BCUT2D eigenvalue weighted by atomic mass is 9.94. The van der Waals surface area contributed by atoms with Gasteiger partial charge in [0.05, 0.1) is 13.2 Å². The molecule has 1 aromatic carbocycles. The van der Waals surface area contributed by atoms with Crippen LogP contribution in [0.2, 0.25) is 0 Å². The zero-order chi connectivity index (χ0) is 20.5. The summed E-state index contributed by atoms with van der Waals surface area (Å²) in [7, 11) is 0. The smallest absolute Gasteiger partial charge is 0.303 e. The van der Waals surface area contributed by atoms with Gasteiger partial charge in [0.1, 0.15) is 23.9 Å². The van der Waals surface area contributed by atoms with E-state index in [9.17, 15) is 14.7 Å². The predicted octanol–water partition coefficient (Wildman–Crippen LogP) is 0.904. The van der Waals surface area contributed by atoms with Gasteiger partial charge in [0.2, 0.25) is 5.91 Å². The molecular weight excluding hydrogens is 366 g/mol. The van der Waals surface area contributed by atoms with Crippen LogP contribution in [0.3, 0.4) is 0 Å². The molecule has 154 valence electrons. The topological polar surface area (TPSA) is 103 Å². The van der Waals surface area contributed by atoms with Gasteiger partial charge in [0, 0.05) is 13.8 Å². The summed E-state index contributed by atoms with van der Waals surface area (Å²) >= 11 is 0.